The van der Waals surface area contributed by atoms with Crippen molar-refractivity contribution in [3.63, 3.8) is 0 Å². The maximum Gasteiger partial charge on any atom is 0.417 e. The zero-order valence-corrected chi connectivity index (χ0v) is 27.1. The molecule has 0 heterocycles. The lowest BCUT2D eigenvalue weighted by molar-refractivity contribution is -0.137. The van der Waals surface area contributed by atoms with Crippen molar-refractivity contribution in [1.29, 1.82) is 0 Å². The molecule has 0 radical (unpaired) electrons. The van der Waals surface area contributed by atoms with Crippen LogP contribution in [0.25, 0.3) is 0 Å². The summed E-state index contributed by atoms with van der Waals surface area (Å²) < 4.78 is 92.0. The molecule has 3 nitrogen and oxygen atoms in total. The molecular weight excluding hydrogens is 667 g/mol. The van der Waals surface area contributed by atoms with Crippen LogP contribution in [0.5, 0.6) is 5.75 Å². The number of hydrogen-bond donors (Lipinski definition) is 0. The molecule has 0 aliphatic carbocycles. The first-order chi connectivity index (χ1) is 22.2. The number of aldehydes is 1. The number of benzene rings is 4. The fourth-order valence-electron chi connectivity index (χ4n) is 4.84. The molecule has 0 aromatic heterocycles. The number of carbonyl (C=O) groups is 1. The minimum atomic E-state index is -4.56. The third-order valence-electron chi connectivity index (χ3n) is 6.91. The normalized spacial score (nSPS) is 11.7. The van der Waals surface area contributed by atoms with Crippen molar-refractivity contribution < 1.29 is 40.3 Å². The van der Waals surface area contributed by atoms with E-state index in [1.807, 2.05) is 60.7 Å². The van der Waals surface area contributed by atoms with Crippen molar-refractivity contribution in [3.05, 3.63) is 130 Å². The van der Waals surface area contributed by atoms with Crippen LogP contribution in [-0.2, 0) is 12.7 Å². The van der Waals surface area contributed by atoms with E-state index in [9.17, 15) is 35.5 Å². The van der Waals surface area contributed by atoms with Crippen LogP contribution in [0.4, 0.5) is 30.7 Å². The Morgan fingerprint density at radius 1 is 0.894 bits per heavy atom. The number of carbonyl (C=O) groups excluding carboxylic acids is 1. The van der Waals surface area contributed by atoms with Gasteiger partial charge in [-0.1, -0.05) is 84.4 Å². The second-order valence-corrected chi connectivity index (χ2v) is 11.7. The maximum absolute atomic E-state index is 14.4. The lowest BCUT2D eigenvalue weighted by Crippen LogP contribution is -2.31. The molecule has 4 rings (SSSR count). The van der Waals surface area contributed by atoms with Gasteiger partial charge in [-0.15, -0.1) is 11.8 Å². The first-order valence-electron chi connectivity index (χ1n) is 14.4. The van der Waals surface area contributed by atoms with E-state index in [4.69, 9.17) is 16.3 Å². The zero-order valence-electron chi connectivity index (χ0n) is 25.5. The predicted octanol–water partition coefficient (Wildman–Crippen LogP) is 10.7. The molecule has 0 unspecified atom stereocenters. The quantitative estimate of drug-likeness (QED) is 0.0601. The Hall–Kier alpha value is -3.54. The summed E-state index contributed by atoms with van der Waals surface area (Å²) >= 11 is 7.53. The summed E-state index contributed by atoms with van der Waals surface area (Å²) in [5.41, 5.74) is 1.67. The molecule has 0 N–H and O–H groups in total. The minimum absolute atomic E-state index is 0.00754. The fourth-order valence-corrected chi connectivity index (χ4v) is 5.73. The first-order valence-corrected chi connectivity index (χ1v) is 16.0. The third-order valence-corrected chi connectivity index (χ3v) is 8.14. The van der Waals surface area contributed by atoms with Gasteiger partial charge in [0.1, 0.15) is 11.6 Å². The number of thioether (sulfide) groups is 1. The topological polar surface area (TPSA) is 29.5 Å². The highest BCUT2D eigenvalue weighted by molar-refractivity contribution is 7.98. The number of hydrogen-bond acceptors (Lipinski definition) is 4. The van der Waals surface area contributed by atoms with Crippen molar-refractivity contribution in [2.24, 2.45) is 0 Å². The molecular formula is C35H33ClF7NO2S. The Kier molecular flexibility index (Phi) is 14.2. The van der Waals surface area contributed by atoms with Crippen molar-refractivity contribution >= 4 is 29.6 Å². The van der Waals surface area contributed by atoms with E-state index in [0.29, 0.717) is 42.0 Å². The van der Waals surface area contributed by atoms with Crippen LogP contribution in [0.3, 0.4) is 0 Å². The van der Waals surface area contributed by atoms with E-state index < -0.39 is 23.7 Å². The SMILES string of the molecule is CC(F)(F)F.CSc1cc(OCCCN(Cc2cccc(C(F)(F)F)c2Cl)CC(c2ccccc2)c2ccccc2)cc(F)c1C=O. The summed E-state index contributed by atoms with van der Waals surface area (Å²) in [5.74, 6) is -0.394. The van der Waals surface area contributed by atoms with Crippen LogP contribution >= 0.6 is 23.4 Å². The van der Waals surface area contributed by atoms with Crippen LogP contribution in [0.15, 0.2) is 95.9 Å². The van der Waals surface area contributed by atoms with E-state index in [0.717, 1.165) is 17.2 Å². The van der Waals surface area contributed by atoms with Gasteiger partial charge < -0.3 is 4.74 Å². The van der Waals surface area contributed by atoms with E-state index in [-0.39, 0.29) is 36.6 Å². The molecule has 0 saturated heterocycles. The van der Waals surface area contributed by atoms with Gasteiger partial charge in [0.25, 0.3) is 0 Å². The largest absolute Gasteiger partial charge is 0.493 e. The Morgan fingerprint density at radius 3 is 1.98 bits per heavy atom. The smallest absolute Gasteiger partial charge is 0.417 e. The summed E-state index contributed by atoms with van der Waals surface area (Å²) in [6.07, 6.45) is -5.82. The number of nitrogens with zero attached hydrogens (tertiary/aromatic N) is 1. The lowest BCUT2D eigenvalue weighted by Gasteiger charge is -2.29. The van der Waals surface area contributed by atoms with E-state index in [2.05, 4.69) is 4.90 Å². The maximum atomic E-state index is 14.4. The van der Waals surface area contributed by atoms with Crippen LogP contribution in [0, 0.1) is 5.82 Å². The molecule has 47 heavy (non-hydrogen) atoms. The van der Waals surface area contributed by atoms with Gasteiger partial charge in [0.15, 0.2) is 6.29 Å². The molecule has 4 aromatic carbocycles. The minimum Gasteiger partial charge on any atom is -0.493 e. The van der Waals surface area contributed by atoms with E-state index >= 15 is 0 Å². The second kappa shape index (κ2) is 17.6. The average Bonchev–Trinajstić information content (AvgIpc) is 3.01. The van der Waals surface area contributed by atoms with Crippen LogP contribution < -0.4 is 4.74 Å². The molecule has 0 saturated carbocycles. The first kappa shape index (κ1) is 37.9. The molecule has 12 heteroatoms. The van der Waals surface area contributed by atoms with Gasteiger partial charge in [-0.2, -0.15) is 26.3 Å². The zero-order chi connectivity index (χ0) is 34.6. The van der Waals surface area contributed by atoms with Gasteiger partial charge in [0.2, 0.25) is 0 Å². The highest BCUT2D eigenvalue weighted by Gasteiger charge is 2.34. The number of rotatable bonds is 13. The van der Waals surface area contributed by atoms with E-state index in [1.165, 1.54) is 23.9 Å². The van der Waals surface area contributed by atoms with Gasteiger partial charge in [0, 0.05) is 43.4 Å². The predicted molar refractivity (Wildman–Crippen MR) is 172 cm³/mol. The Bertz CT molecular complexity index is 1520. The number of halogens is 8. The van der Waals surface area contributed by atoms with Gasteiger partial charge in [-0.25, -0.2) is 4.39 Å². The monoisotopic (exact) mass is 699 g/mol. The number of ether oxygens (including phenoxy) is 1. The molecule has 0 atom stereocenters. The molecule has 0 aliphatic heterocycles. The molecule has 4 aromatic rings. The Balaban J connectivity index is 0.00000111. The van der Waals surface area contributed by atoms with Crippen molar-refractivity contribution in [2.45, 2.75) is 43.1 Å². The molecule has 0 bridgehead atoms. The molecule has 0 spiro atoms. The molecule has 0 aliphatic rings. The number of alkyl halides is 6. The summed E-state index contributed by atoms with van der Waals surface area (Å²) in [4.78, 5) is 13.8. The van der Waals surface area contributed by atoms with Gasteiger partial charge in [-0.05, 0) is 41.5 Å². The van der Waals surface area contributed by atoms with Crippen LogP contribution in [0.1, 0.15) is 51.9 Å². The van der Waals surface area contributed by atoms with Crippen molar-refractivity contribution in [2.75, 3.05) is 26.0 Å². The lowest BCUT2D eigenvalue weighted by atomic mass is 9.90. The molecule has 252 valence electrons. The summed E-state index contributed by atoms with van der Waals surface area (Å²) in [6, 6.07) is 26.7. The highest BCUT2D eigenvalue weighted by atomic mass is 35.5. The summed E-state index contributed by atoms with van der Waals surface area (Å²) in [7, 11) is 0. The summed E-state index contributed by atoms with van der Waals surface area (Å²) in [6.45, 7) is 1.61. The Morgan fingerprint density at radius 2 is 1.47 bits per heavy atom. The van der Waals surface area contributed by atoms with Gasteiger partial charge >= 0.3 is 12.4 Å². The third kappa shape index (κ3) is 12.2. The van der Waals surface area contributed by atoms with E-state index in [1.54, 1.807) is 18.4 Å². The van der Waals surface area contributed by atoms with Gasteiger partial charge in [-0.3, -0.25) is 9.69 Å². The van der Waals surface area contributed by atoms with Gasteiger partial charge in [0.05, 0.1) is 22.8 Å². The fraction of sp³-hybridized carbons (Fsp3) is 0.286. The van der Waals surface area contributed by atoms with Crippen LogP contribution in [-0.4, -0.2) is 43.3 Å². The van der Waals surface area contributed by atoms with Crippen molar-refractivity contribution in [1.82, 2.24) is 4.90 Å². The standard InChI is InChI=1S/C33H30ClF4NO2S.C2H3F3/c1-42-31-19-26(18-30(35)28(31)22-40)41-17-9-16-39(20-25-14-8-15-29(32(25)34)33(36,37)38)21-27(23-10-4-2-5-11-23)24-12-6-3-7-13-24;1-2(3,4)5/h2-8,10-15,18-19,22,27H,9,16-17,20-21H2,1H3;1H3. The van der Waals surface area contributed by atoms with Crippen LogP contribution in [0.2, 0.25) is 5.02 Å². The second-order valence-electron chi connectivity index (χ2n) is 10.5. The Labute approximate surface area is 278 Å². The highest BCUT2D eigenvalue weighted by Crippen LogP contribution is 2.37. The van der Waals surface area contributed by atoms with Crippen molar-refractivity contribution in [3.8, 4) is 5.75 Å². The molecule has 0 amide bonds. The average molecular weight is 700 g/mol. The summed E-state index contributed by atoms with van der Waals surface area (Å²) in [5, 5.41) is -0.308. The molecule has 0 fully saturated rings.